The third kappa shape index (κ3) is 3.92. The minimum Gasteiger partial charge on any atom is -0.468 e. The van der Waals surface area contributed by atoms with Gasteiger partial charge in [0.05, 0.1) is 22.9 Å². The number of aromatic nitrogens is 1. The van der Waals surface area contributed by atoms with Crippen molar-refractivity contribution >= 4 is 17.4 Å². The number of furan rings is 1. The van der Waals surface area contributed by atoms with Crippen LogP contribution in [0.5, 0.6) is 0 Å². The highest BCUT2D eigenvalue weighted by atomic mass is 35.5. The van der Waals surface area contributed by atoms with Crippen molar-refractivity contribution in [2.45, 2.75) is 12.2 Å². The molecule has 2 rings (SSSR count). The van der Waals surface area contributed by atoms with E-state index in [4.69, 9.17) is 16.0 Å². The van der Waals surface area contributed by atoms with Gasteiger partial charge < -0.3 is 9.73 Å². The molecule has 0 amide bonds. The van der Waals surface area contributed by atoms with Crippen molar-refractivity contribution in [1.29, 1.82) is 0 Å². The van der Waals surface area contributed by atoms with Crippen LogP contribution in [-0.2, 0) is 6.18 Å². The van der Waals surface area contributed by atoms with E-state index in [1.54, 1.807) is 12.3 Å². The van der Waals surface area contributed by atoms with Crippen LogP contribution in [0.1, 0.15) is 17.4 Å². The van der Waals surface area contributed by atoms with Gasteiger partial charge in [0.25, 0.3) is 0 Å². The van der Waals surface area contributed by atoms with Crippen LogP contribution in [0.25, 0.3) is 0 Å². The summed E-state index contributed by atoms with van der Waals surface area (Å²) in [6.45, 7) is 0.387. The van der Waals surface area contributed by atoms with E-state index in [1.165, 1.54) is 0 Å². The molecule has 22 heavy (non-hydrogen) atoms. The van der Waals surface area contributed by atoms with Gasteiger partial charge in [-0.3, -0.25) is 4.90 Å². The van der Waals surface area contributed by atoms with Gasteiger partial charge in [0.1, 0.15) is 11.6 Å². The Hall–Kier alpha value is -1.73. The van der Waals surface area contributed by atoms with Gasteiger partial charge in [-0.05, 0) is 32.3 Å². The summed E-state index contributed by atoms with van der Waals surface area (Å²) in [6.07, 6.45) is -2.14. The largest absolute Gasteiger partial charge is 0.468 e. The Morgan fingerprint density at radius 1 is 1.41 bits per heavy atom. The SMILES string of the molecule is CN(C)[C@@H](CNc1ncc(C(F)(F)F)cc1Cl)c1ccco1. The van der Waals surface area contributed by atoms with Crippen molar-refractivity contribution in [2.75, 3.05) is 26.0 Å². The molecular formula is C14H15ClF3N3O. The topological polar surface area (TPSA) is 41.3 Å². The summed E-state index contributed by atoms with van der Waals surface area (Å²) < 4.78 is 43.1. The molecule has 0 saturated heterocycles. The number of nitrogens with one attached hydrogen (secondary N) is 1. The lowest BCUT2D eigenvalue weighted by Gasteiger charge is -2.23. The van der Waals surface area contributed by atoms with Crippen LogP contribution < -0.4 is 5.32 Å². The van der Waals surface area contributed by atoms with Gasteiger partial charge in [-0.15, -0.1) is 0 Å². The second-order valence-corrected chi connectivity index (χ2v) is 5.34. The van der Waals surface area contributed by atoms with Crippen LogP contribution in [0.15, 0.2) is 35.1 Å². The molecule has 4 nitrogen and oxygen atoms in total. The standard InChI is InChI=1S/C14H15ClF3N3O/c1-21(2)11(12-4-3-5-22-12)8-20-13-10(15)6-9(7-19-13)14(16,17)18/h3-7,11H,8H2,1-2H3,(H,19,20)/t11-/m0/s1. The Kier molecular flexibility index (Phi) is 4.97. The first-order valence-electron chi connectivity index (χ1n) is 6.45. The van der Waals surface area contributed by atoms with Crippen molar-refractivity contribution in [2.24, 2.45) is 0 Å². The Morgan fingerprint density at radius 2 is 2.14 bits per heavy atom. The van der Waals surface area contributed by atoms with Crippen LogP contribution in [0.3, 0.4) is 0 Å². The van der Waals surface area contributed by atoms with Gasteiger partial charge >= 0.3 is 6.18 Å². The zero-order valence-corrected chi connectivity index (χ0v) is 12.7. The second kappa shape index (κ2) is 6.58. The molecule has 0 aromatic carbocycles. The average molecular weight is 334 g/mol. The number of pyridine rings is 1. The molecule has 0 bridgehead atoms. The van der Waals surface area contributed by atoms with Crippen molar-refractivity contribution < 1.29 is 17.6 Å². The molecule has 2 heterocycles. The van der Waals surface area contributed by atoms with E-state index in [-0.39, 0.29) is 16.9 Å². The molecule has 0 spiro atoms. The van der Waals surface area contributed by atoms with Crippen LogP contribution >= 0.6 is 11.6 Å². The molecular weight excluding hydrogens is 319 g/mol. The molecule has 2 aromatic rings. The first-order chi connectivity index (χ1) is 10.3. The lowest BCUT2D eigenvalue weighted by atomic mass is 10.2. The first kappa shape index (κ1) is 16.6. The van der Waals surface area contributed by atoms with E-state index < -0.39 is 11.7 Å². The second-order valence-electron chi connectivity index (χ2n) is 4.93. The van der Waals surface area contributed by atoms with Gasteiger partial charge in [0.15, 0.2) is 0 Å². The highest BCUT2D eigenvalue weighted by molar-refractivity contribution is 6.32. The summed E-state index contributed by atoms with van der Waals surface area (Å²) in [5.74, 6) is 0.939. The molecule has 120 valence electrons. The van der Waals surface area contributed by atoms with E-state index in [1.807, 2.05) is 25.1 Å². The maximum Gasteiger partial charge on any atom is 0.417 e. The van der Waals surface area contributed by atoms with E-state index in [0.29, 0.717) is 6.54 Å². The van der Waals surface area contributed by atoms with Crippen molar-refractivity contribution in [3.05, 3.63) is 47.0 Å². The summed E-state index contributed by atoms with van der Waals surface area (Å²) in [6, 6.07) is 4.35. The number of halogens is 4. The maximum absolute atomic E-state index is 12.6. The summed E-state index contributed by atoms with van der Waals surface area (Å²) in [5, 5.41) is 2.87. The number of nitrogens with zero attached hydrogens (tertiary/aromatic N) is 2. The minimum atomic E-state index is -4.46. The summed E-state index contributed by atoms with van der Waals surface area (Å²) in [7, 11) is 3.74. The van der Waals surface area contributed by atoms with Crippen molar-refractivity contribution in [1.82, 2.24) is 9.88 Å². The molecule has 1 N–H and O–H groups in total. The highest BCUT2D eigenvalue weighted by Crippen LogP contribution is 2.32. The highest BCUT2D eigenvalue weighted by Gasteiger charge is 2.31. The summed E-state index contributed by atoms with van der Waals surface area (Å²) in [5.41, 5.74) is -0.877. The van der Waals surface area contributed by atoms with Gasteiger partial charge in [0, 0.05) is 12.7 Å². The lowest BCUT2D eigenvalue weighted by molar-refractivity contribution is -0.137. The zero-order valence-electron chi connectivity index (χ0n) is 12.0. The molecule has 0 saturated carbocycles. The Labute approximate surface area is 130 Å². The normalized spacial score (nSPS) is 13.4. The summed E-state index contributed by atoms with van der Waals surface area (Å²) >= 11 is 5.86. The van der Waals surface area contributed by atoms with Gasteiger partial charge in [-0.2, -0.15) is 13.2 Å². The monoisotopic (exact) mass is 333 g/mol. The molecule has 0 aliphatic heterocycles. The predicted molar refractivity (Wildman–Crippen MR) is 77.9 cm³/mol. The van der Waals surface area contributed by atoms with Crippen molar-refractivity contribution in [3.63, 3.8) is 0 Å². The molecule has 8 heteroatoms. The van der Waals surface area contributed by atoms with Crippen LogP contribution in [0.4, 0.5) is 19.0 Å². The summed E-state index contributed by atoms with van der Waals surface area (Å²) in [4.78, 5) is 5.67. The number of likely N-dealkylation sites (N-methyl/N-ethyl adjacent to an activating group) is 1. The molecule has 0 unspecified atom stereocenters. The van der Waals surface area contributed by atoms with Gasteiger partial charge in [0.2, 0.25) is 0 Å². The minimum absolute atomic E-state index is 0.0771. The molecule has 0 fully saturated rings. The van der Waals surface area contributed by atoms with Crippen molar-refractivity contribution in [3.8, 4) is 0 Å². The zero-order chi connectivity index (χ0) is 16.3. The van der Waals surface area contributed by atoms with Crippen LogP contribution in [0, 0.1) is 0 Å². The number of rotatable bonds is 5. The fourth-order valence-electron chi connectivity index (χ4n) is 1.93. The molecule has 0 aliphatic rings. The van der Waals surface area contributed by atoms with E-state index >= 15 is 0 Å². The number of hydrogen-bond acceptors (Lipinski definition) is 4. The molecule has 0 aliphatic carbocycles. The quantitative estimate of drug-likeness (QED) is 0.896. The van der Waals surface area contributed by atoms with E-state index in [9.17, 15) is 13.2 Å². The Bertz CT molecular complexity index is 614. The number of alkyl halides is 3. The number of hydrogen-bond donors (Lipinski definition) is 1. The third-order valence-electron chi connectivity index (χ3n) is 3.13. The molecule has 1 atom stereocenters. The van der Waals surface area contributed by atoms with Gasteiger partial charge in [-0.1, -0.05) is 11.6 Å². The van der Waals surface area contributed by atoms with Crippen LogP contribution in [-0.4, -0.2) is 30.5 Å². The Balaban J connectivity index is 2.10. The Morgan fingerprint density at radius 3 is 2.64 bits per heavy atom. The smallest absolute Gasteiger partial charge is 0.417 e. The number of anilines is 1. The van der Waals surface area contributed by atoms with E-state index in [2.05, 4.69) is 10.3 Å². The molecule has 0 radical (unpaired) electrons. The van der Waals surface area contributed by atoms with E-state index in [0.717, 1.165) is 18.0 Å². The molecule has 2 aromatic heterocycles. The maximum atomic E-state index is 12.6. The fraction of sp³-hybridized carbons (Fsp3) is 0.357. The third-order valence-corrected chi connectivity index (χ3v) is 3.41. The van der Waals surface area contributed by atoms with Gasteiger partial charge in [-0.25, -0.2) is 4.98 Å². The van der Waals surface area contributed by atoms with Crippen LogP contribution in [0.2, 0.25) is 5.02 Å². The average Bonchev–Trinajstić information content (AvgIpc) is 2.93. The lowest BCUT2D eigenvalue weighted by Crippen LogP contribution is -2.26. The fourth-order valence-corrected chi connectivity index (χ4v) is 2.17. The predicted octanol–water partition coefficient (Wildman–Crippen LogP) is 4.06. The first-order valence-corrected chi connectivity index (χ1v) is 6.83.